The van der Waals surface area contributed by atoms with Crippen LogP contribution in [0.1, 0.15) is 18.1 Å². The first-order chi connectivity index (χ1) is 13.6. The summed E-state index contributed by atoms with van der Waals surface area (Å²) >= 11 is 1.69. The van der Waals surface area contributed by atoms with E-state index in [4.69, 9.17) is 4.74 Å². The molecular weight excluding hydrogens is 384 g/mol. The minimum atomic E-state index is -2.93. The maximum Gasteiger partial charge on any atom is 0.387 e. The number of ether oxygens (including phenoxy) is 2. The summed E-state index contributed by atoms with van der Waals surface area (Å²) in [6, 6.07) is 13.3. The normalized spacial score (nSPS) is 11.4. The minimum Gasteiger partial charge on any atom is -0.490 e. The van der Waals surface area contributed by atoms with Crippen molar-refractivity contribution < 1.29 is 18.3 Å². The van der Waals surface area contributed by atoms with Crippen molar-refractivity contribution in [2.75, 3.05) is 19.9 Å². The van der Waals surface area contributed by atoms with Gasteiger partial charge in [-0.05, 0) is 36.9 Å². The van der Waals surface area contributed by atoms with Gasteiger partial charge in [-0.25, -0.2) is 0 Å². The van der Waals surface area contributed by atoms with Crippen LogP contribution < -0.4 is 20.1 Å². The van der Waals surface area contributed by atoms with Crippen LogP contribution in [0.25, 0.3) is 0 Å². The molecule has 0 aliphatic heterocycles. The molecule has 0 amide bonds. The van der Waals surface area contributed by atoms with Crippen molar-refractivity contribution in [2.45, 2.75) is 31.5 Å². The highest BCUT2D eigenvalue weighted by Gasteiger charge is 2.16. The number of aliphatic imine (C=N–C) groups is 1. The topological polar surface area (TPSA) is 54.9 Å². The molecule has 0 saturated heterocycles. The summed E-state index contributed by atoms with van der Waals surface area (Å²) in [5.74, 6) is 0.882. The van der Waals surface area contributed by atoms with Crippen molar-refractivity contribution >= 4 is 17.7 Å². The van der Waals surface area contributed by atoms with Gasteiger partial charge in [-0.1, -0.05) is 24.3 Å². The molecule has 28 heavy (non-hydrogen) atoms. The summed E-state index contributed by atoms with van der Waals surface area (Å²) in [7, 11) is 1.65. The highest BCUT2D eigenvalue weighted by Crippen LogP contribution is 2.32. The number of nitrogens with zero attached hydrogens (tertiary/aromatic N) is 1. The zero-order chi connectivity index (χ0) is 20.4. The molecule has 8 heteroatoms. The lowest BCUT2D eigenvalue weighted by Gasteiger charge is -2.17. The molecule has 0 saturated carbocycles. The fourth-order valence-corrected chi connectivity index (χ4v) is 2.93. The van der Waals surface area contributed by atoms with Crippen LogP contribution >= 0.6 is 11.8 Å². The van der Waals surface area contributed by atoms with E-state index in [-0.39, 0.29) is 12.3 Å². The Kier molecular flexibility index (Phi) is 8.87. The highest BCUT2D eigenvalue weighted by atomic mass is 32.2. The van der Waals surface area contributed by atoms with Crippen LogP contribution in [0.5, 0.6) is 11.5 Å². The van der Waals surface area contributed by atoms with E-state index in [1.54, 1.807) is 43.9 Å². The molecule has 0 aliphatic carbocycles. The number of guanidine groups is 1. The van der Waals surface area contributed by atoms with Crippen LogP contribution in [0, 0.1) is 0 Å². The summed E-state index contributed by atoms with van der Waals surface area (Å²) < 4.78 is 35.7. The Morgan fingerprint density at radius 3 is 2.43 bits per heavy atom. The van der Waals surface area contributed by atoms with Gasteiger partial charge >= 0.3 is 6.61 Å². The largest absolute Gasteiger partial charge is 0.490 e. The van der Waals surface area contributed by atoms with Gasteiger partial charge in [0.15, 0.2) is 17.5 Å². The summed E-state index contributed by atoms with van der Waals surface area (Å²) in [5.41, 5.74) is 1.67. The van der Waals surface area contributed by atoms with Crippen molar-refractivity contribution in [3.8, 4) is 11.5 Å². The predicted molar refractivity (Wildman–Crippen MR) is 110 cm³/mol. The van der Waals surface area contributed by atoms with Crippen molar-refractivity contribution in [2.24, 2.45) is 4.99 Å². The Hall–Kier alpha value is -2.48. The van der Waals surface area contributed by atoms with Crippen LogP contribution in [0.15, 0.2) is 52.4 Å². The number of rotatable bonds is 9. The molecule has 0 radical (unpaired) electrons. The molecule has 0 aliphatic rings. The number of hydrogen-bond acceptors (Lipinski definition) is 4. The fraction of sp³-hybridized carbons (Fsp3) is 0.350. The number of para-hydroxylation sites is 1. The Morgan fingerprint density at radius 2 is 1.82 bits per heavy atom. The number of thioether (sulfide) groups is 1. The van der Waals surface area contributed by atoms with E-state index in [0.29, 0.717) is 30.4 Å². The first-order valence-corrected chi connectivity index (χ1v) is 10.1. The van der Waals surface area contributed by atoms with Gasteiger partial charge in [0, 0.05) is 30.6 Å². The zero-order valence-electron chi connectivity index (χ0n) is 16.2. The Labute approximate surface area is 168 Å². The Morgan fingerprint density at radius 1 is 1.11 bits per heavy atom. The molecule has 0 bridgehead atoms. The summed E-state index contributed by atoms with van der Waals surface area (Å²) in [4.78, 5) is 5.37. The van der Waals surface area contributed by atoms with E-state index in [0.717, 1.165) is 5.56 Å². The number of halogens is 2. The molecule has 152 valence electrons. The molecule has 2 aromatic rings. The van der Waals surface area contributed by atoms with Crippen LogP contribution in [-0.4, -0.2) is 32.5 Å². The lowest BCUT2D eigenvalue weighted by atomic mass is 10.2. The second kappa shape index (κ2) is 11.4. The molecule has 0 aromatic heterocycles. The Balaban J connectivity index is 2.01. The standard InChI is InChI=1S/C20H25F2N3O2S/c1-4-26-17-7-5-6-15(18(17)27-19(21)22)13-25-20(23-2)24-12-14-8-10-16(28-3)11-9-14/h5-11,19H,4,12-13H2,1-3H3,(H2,23,24,25). The third-order valence-electron chi connectivity index (χ3n) is 3.86. The van der Waals surface area contributed by atoms with Crippen molar-refractivity contribution in [1.29, 1.82) is 0 Å². The third-order valence-corrected chi connectivity index (χ3v) is 4.60. The van der Waals surface area contributed by atoms with Crippen LogP contribution in [0.3, 0.4) is 0 Å². The van der Waals surface area contributed by atoms with Gasteiger partial charge in [-0.2, -0.15) is 8.78 Å². The molecule has 2 N–H and O–H groups in total. The van der Waals surface area contributed by atoms with Gasteiger partial charge in [-0.15, -0.1) is 11.8 Å². The third kappa shape index (κ3) is 6.60. The van der Waals surface area contributed by atoms with E-state index >= 15 is 0 Å². The molecular formula is C20H25F2N3O2S. The second-order valence-electron chi connectivity index (χ2n) is 5.68. The molecule has 5 nitrogen and oxygen atoms in total. The number of hydrogen-bond donors (Lipinski definition) is 2. The molecule has 0 atom stereocenters. The highest BCUT2D eigenvalue weighted by molar-refractivity contribution is 7.98. The van der Waals surface area contributed by atoms with Crippen molar-refractivity contribution in [3.63, 3.8) is 0 Å². The second-order valence-corrected chi connectivity index (χ2v) is 6.56. The van der Waals surface area contributed by atoms with Crippen molar-refractivity contribution in [3.05, 3.63) is 53.6 Å². The fourth-order valence-electron chi connectivity index (χ4n) is 2.52. The van der Waals surface area contributed by atoms with Crippen LogP contribution in [0.4, 0.5) is 8.78 Å². The molecule has 0 fully saturated rings. The average molecular weight is 410 g/mol. The van der Waals surface area contributed by atoms with E-state index in [1.807, 2.05) is 18.4 Å². The van der Waals surface area contributed by atoms with Gasteiger partial charge in [0.05, 0.1) is 6.61 Å². The van der Waals surface area contributed by atoms with E-state index in [2.05, 4.69) is 32.5 Å². The molecule has 2 aromatic carbocycles. The van der Waals surface area contributed by atoms with Crippen molar-refractivity contribution in [1.82, 2.24) is 10.6 Å². The lowest BCUT2D eigenvalue weighted by molar-refractivity contribution is -0.0520. The first kappa shape index (κ1) is 21.8. The molecule has 2 rings (SSSR count). The van der Waals surface area contributed by atoms with Crippen LogP contribution in [0.2, 0.25) is 0 Å². The van der Waals surface area contributed by atoms with Crippen LogP contribution in [-0.2, 0) is 13.1 Å². The molecule has 0 unspecified atom stereocenters. The summed E-state index contributed by atoms with van der Waals surface area (Å²) in [5, 5.41) is 6.32. The maximum absolute atomic E-state index is 12.8. The number of benzene rings is 2. The van der Waals surface area contributed by atoms with E-state index in [9.17, 15) is 8.78 Å². The minimum absolute atomic E-state index is 0.0370. The Bertz CT molecular complexity index is 771. The quantitative estimate of drug-likeness (QED) is 0.368. The first-order valence-electron chi connectivity index (χ1n) is 8.84. The lowest BCUT2D eigenvalue weighted by Crippen LogP contribution is -2.36. The van der Waals surface area contributed by atoms with Gasteiger partial charge < -0.3 is 20.1 Å². The maximum atomic E-state index is 12.8. The van der Waals surface area contributed by atoms with E-state index in [1.165, 1.54) is 4.90 Å². The molecule has 0 heterocycles. The van der Waals surface area contributed by atoms with Gasteiger partial charge in [0.2, 0.25) is 0 Å². The van der Waals surface area contributed by atoms with Gasteiger partial charge in [0.25, 0.3) is 0 Å². The molecule has 0 spiro atoms. The summed E-state index contributed by atoms with van der Waals surface area (Å²) in [6.45, 7) is 0.0628. The average Bonchev–Trinajstić information content (AvgIpc) is 2.70. The van der Waals surface area contributed by atoms with Gasteiger partial charge in [0.1, 0.15) is 0 Å². The smallest absolute Gasteiger partial charge is 0.387 e. The van der Waals surface area contributed by atoms with Gasteiger partial charge in [-0.3, -0.25) is 4.99 Å². The number of nitrogens with one attached hydrogen (secondary N) is 2. The monoisotopic (exact) mass is 409 g/mol. The van der Waals surface area contributed by atoms with E-state index < -0.39 is 6.61 Å². The summed E-state index contributed by atoms with van der Waals surface area (Å²) in [6.07, 6.45) is 2.03. The predicted octanol–water partition coefficient (Wildman–Crippen LogP) is 4.27. The SMILES string of the molecule is CCOc1cccc(CNC(=NC)NCc2ccc(SC)cc2)c1OC(F)F. The zero-order valence-corrected chi connectivity index (χ0v) is 17.0. The number of alkyl halides is 2.